The summed E-state index contributed by atoms with van der Waals surface area (Å²) in [5.74, 6) is 0.774. The number of hydrogen-bond donors (Lipinski definition) is 3. The number of esters is 1. The molecule has 0 aromatic heterocycles. The summed E-state index contributed by atoms with van der Waals surface area (Å²) in [6, 6.07) is 11.2. The van der Waals surface area contributed by atoms with Crippen molar-refractivity contribution >= 4 is 12.0 Å². The van der Waals surface area contributed by atoms with E-state index in [1.165, 1.54) is 11.1 Å². The highest BCUT2D eigenvalue weighted by molar-refractivity contribution is 5.77. The number of rotatable bonds is 11. The molecule has 0 aliphatic rings. The van der Waals surface area contributed by atoms with Crippen molar-refractivity contribution in [2.45, 2.75) is 60.2 Å². The SMILES string of the molecule is COc1cc(CNC(=O)NC(CCc2ccc(C)c(C)c2)OC(=O)C(C)(C)C)ccc1OCCN. The second-order valence-corrected chi connectivity index (χ2v) is 9.55. The number of methoxy groups -OCH3 is 1. The summed E-state index contributed by atoms with van der Waals surface area (Å²) in [6.45, 7) is 10.5. The van der Waals surface area contributed by atoms with E-state index in [1.807, 2.05) is 6.07 Å². The number of hydrogen-bond acceptors (Lipinski definition) is 6. The van der Waals surface area contributed by atoms with E-state index in [-0.39, 0.29) is 12.5 Å². The monoisotopic (exact) mass is 485 g/mol. The summed E-state index contributed by atoms with van der Waals surface area (Å²) >= 11 is 0. The van der Waals surface area contributed by atoms with E-state index in [1.54, 1.807) is 40.0 Å². The van der Waals surface area contributed by atoms with Crippen LogP contribution in [0.4, 0.5) is 4.79 Å². The zero-order valence-electron chi connectivity index (χ0n) is 21.7. The van der Waals surface area contributed by atoms with Crippen LogP contribution in [0.25, 0.3) is 0 Å². The Hall–Kier alpha value is -3.26. The van der Waals surface area contributed by atoms with Crippen LogP contribution >= 0.6 is 0 Å². The molecule has 0 aliphatic heterocycles. The minimum Gasteiger partial charge on any atom is -0.493 e. The van der Waals surface area contributed by atoms with Crippen LogP contribution in [0.2, 0.25) is 0 Å². The Morgan fingerprint density at radius 3 is 2.34 bits per heavy atom. The molecule has 192 valence electrons. The molecule has 0 saturated carbocycles. The molecule has 2 aromatic rings. The highest BCUT2D eigenvalue weighted by Gasteiger charge is 2.27. The van der Waals surface area contributed by atoms with Crippen LogP contribution in [0.1, 0.15) is 49.4 Å². The van der Waals surface area contributed by atoms with E-state index in [2.05, 4.69) is 42.7 Å². The normalized spacial score (nSPS) is 12.0. The number of aryl methyl sites for hydroxylation is 3. The molecule has 8 nitrogen and oxygen atoms in total. The Kier molecular flexibility index (Phi) is 10.4. The summed E-state index contributed by atoms with van der Waals surface area (Å²) < 4.78 is 16.6. The predicted molar refractivity (Wildman–Crippen MR) is 136 cm³/mol. The predicted octanol–water partition coefficient (Wildman–Crippen LogP) is 4.00. The van der Waals surface area contributed by atoms with E-state index in [4.69, 9.17) is 19.9 Å². The summed E-state index contributed by atoms with van der Waals surface area (Å²) in [5, 5.41) is 5.60. The molecule has 0 spiro atoms. The maximum Gasteiger partial charge on any atom is 0.317 e. The van der Waals surface area contributed by atoms with Crippen LogP contribution in [0.15, 0.2) is 36.4 Å². The number of nitrogens with one attached hydrogen (secondary N) is 2. The second kappa shape index (κ2) is 13.0. The molecule has 0 fully saturated rings. The minimum absolute atomic E-state index is 0.260. The van der Waals surface area contributed by atoms with Gasteiger partial charge in [0.05, 0.1) is 12.5 Å². The molecule has 0 bridgehead atoms. The third-order valence-corrected chi connectivity index (χ3v) is 5.48. The molecular weight excluding hydrogens is 446 g/mol. The lowest BCUT2D eigenvalue weighted by molar-refractivity contribution is -0.159. The average Bonchev–Trinajstić information content (AvgIpc) is 2.81. The molecule has 2 rings (SSSR count). The molecule has 4 N–H and O–H groups in total. The maximum atomic E-state index is 12.6. The molecule has 0 saturated heterocycles. The van der Waals surface area contributed by atoms with Gasteiger partial charge in [-0.1, -0.05) is 24.3 Å². The first-order valence-corrected chi connectivity index (χ1v) is 11.8. The number of ether oxygens (including phenoxy) is 3. The fraction of sp³-hybridized carbons (Fsp3) is 0.481. The second-order valence-electron chi connectivity index (χ2n) is 9.55. The van der Waals surface area contributed by atoms with Gasteiger partial charge in [-0.3, -0.25) is 4.79 Å². The van der Waals surface area contributed by atoms with Crippen LogP contribution < -0.4 is 25.8 Å². The van der Waals surface area contributed by atoms with E-state index < -0.39 is 17.7 Å². The smallest absolute Gasteiger partial charge is 0.317 e. The molecule has 0 heterocycles. The number of carbonyl (C=O) groups is 2. The zero-order valence-corrected chi connectivity index (χ0v) is 21.7. The lowest BCUT2D eigenvalue weighted by atomic mass is 9.97. The van der Waals surface area contributed by atoms with Crippen molar-refractivity contribution in [3.05, 3.63) is 58.7 Å². The van der Waals surface area contributed by atoms with Crippen molar-refractivity contribution in [2.24, 2.45) is 11.1 Å². The van der Waals surface area contributed by atoms with Crippen molar-refractivity contribution < 1.29 is 23.8 Å². The number of nitrogens with two attached hydrogens (primary N) is 1. The van der Waals surface area contributed by atoms with E-state index >= 15 is 0 Å². The third kappa shape index (κ3) is 9.13. The van der Waals surface area contributed by atoms with Crippen molar-refractivity contribution in [2.75, 3.05) is 20.3 Å². The topological polar surface area (TPSA) is 112 Å². The quantitative estimate of drug-likeness (QED) is 0.328. The van der Waals surface area contributed by atoms with E-state index in [9.17, 15) is 9.59 Å². The molecule has 0 radical (unpaired) electrons. The van der Waals surface area contributed by atoms with Gasteiger partial charge in [0, 0.05) is 19.5 Å². The first-order valence-electron chi connectivity index (χ1n) is 11.8. The molecule has 1 atom stereocenters. The summed E-state index contributed by atoms with van der Waals surface area (Å²) in [5.41, 5.74) is 9.18. The van der Waals surface area contributed by atoms with Gasteiger partial charge in [0.2, 0.25) is 0 Å². The molecular formula is C27H39N3O5. The fourth-order valence-corrected chi connectivity index (χ4v) is 3.21. The van der Waals surface area contributed by atoms with Gasteiger partial charge in [-0.25, -0.2) is 4.79 Å². The Labute approximate surface area is 208 Å². The fourth-order valence-electron chi connectivity index (χ4n) is 3.21. The van der Waals surface area contributed by atoms with Gasteiger partial charge in [-0.15, -0.1) is 0 Å². The van der Waals surface area contributed by atoms with Gasteiger partial charge in [-0.05, 0) is 75.4 Å². The van der Waals surface area contributed by atoms with Crippen molar-refractivity contribution in [1.29, 1.82) is 0 Å². The Bertz CT molecular complexity index is 1000. The standard InChI is InChI=1S/C27H39N3O5/c1-18-7-8-20(15-19(18)2)10-12-24(35-25(31)27(3,4)5)30-26(32)29-17-21-9-11-22(34-14-13-28)23(16-21)33-6/h7-9,11,15-16,24H,10,12-14,17,28H2,1-6H3,(H2,29,30,32). The van der Waals surface area contributed by atoms with Gasteiger partial charge in [0.25, 0.3) is 0 Å². The molecule has 1 unspecified atom stereocenters. The number of benzene rings is 2. The molecule has 0 aliphatic carbocycles. The first kappa shape index (κ1) is 28.0. The van der Waals surface area contributed by atoms with Crippen LogP contribution in [0, 0.1) is 19.3 Å². The minimum atomic E-state index is -0.759. The average molecular weight is 486 g/mol. The molecule has 8 heteroatoms. The van der Waals surface area contributed by atoms with Gasteiger partial charge >= 0.3 is 12.0 Å². The van der Waals surface area contributed by atoms with Gasteiger partial charge in [-0.2, -0.15) is 0 Å². The van der Waals surface area contributed by atoms with E-state index in [0.29, 0.717) is 37.5 Å². The van der Waals surface area contributed by atoms with Crippen molar-refractivity contribution in [3.8, 4) is 11.5 Å². The molecule has 2 amide bonds. The largest absolute Gasteiger partial charge is 0.493 e. The summed E-state index contributed by atoms with van der Waals surface area (Å²) in [7, 11) is 1.55. The molecule has 35 heavy (non-hydrogen) atoms. The van der Waals surface area contributed by atoms with Crippen molar-refractivity contribution in [3.63, 3.8) is 0 Å². The first-order chi connectivity index (χ1) is 16.5. The molecule has 2 aromatic carbocycles. The zero-order chi connectivity index (χ0) is 26.0. The lowest BCUT2D eigenvalue weighted by Crippen LogP contribution is -2.45. The highest BCUT2D eigenvalue weighted by atomic mass is 16.6. The van der Waals surface area contributed by atoms with Crippen LogP contribution in [-0.2, 0) is 22.5 Å². The van der Waals surface area contributed by atoms with Gasteiger partial charge in [0.1, 0.15) is 6.61 Å². The number of urea groups is 1. The highest BCUT2D eigenvalue weighted by Crippen LogP contribution is 2.28. The third-order valence-electron chi connectivity index (χ3n) is 5.48. The Balaban J connectivity index is 2.01. The van der Waals surface area contributed by atoms with Crippen molar-refractivity contribution in [1.82, 2.24) is 10.6 Å². The van der Waals surface area contributed by atoms with E-state index in [0.717, 1.165) is 11.1 Å². The lowest BCUT2D eigenvalue weighted by Gasteiger charge is -2.24. The summed E-state index contributed by atoms with van der Waals surface area (Å²) in [4.78, 5) is 25.1. The maximum absolute atomic E-state index is 12.6. The van der Waals surface area contributed by atoms with Gasteiger partial charge in [0.15, 0.2) is 17.7 Å². The van der Waals surface area contributed by atoms with Gasteiger partial charge < -0.3 is 30.6 Å². The van der Waals surface area contributed by atoms with Crippen LogP contribution in [-0.4, -0.2) is 38.5 Å². The Morgan fingerprint density at radius 1 is 1.00 bits per heavy atom. The number of amides is 2. The summed E-state index contributed by atoms with van der Waals surface area (Å²) in [6.07, 6.45) is 0.355. The number of carbonyl (C=O) groups excluding carboxylic acids is 2. The Morgan fingerprint density at radius 2 is 1.71 bits per heavy atom. The van der Waals surface area contributed by atoms with Crippen LogP contribution in [0.3, 0.4) is 0 Å². The van der Waals surface area contributed by atoms with Crippen LogP contribution in [0.5, 0.6) is 11.5 Å².